The highest BCUT2D eigenvalue weighted by Gasteiger charge is 2.08. The molecule has 5 heteroatoms. The maximum Gasteiger partial charge on any atom is 0.261 e. The summed E-state index contributed by atoms with van der Waals surface area (Å²) in [5.74, 6) is -0.121. The van der Waals surface area contributed by atoms with Gasteiger partial charge in [0.15, 0.2) is 0 Å². The lowest BCUT2D eigenvalue weighted by molar-refractivity contribution is -0.116. The van der Waals surface area contributed by atoms with Gasteiger partial charge in [0.05, 0.1) is 17.2 Å². The van der Waals surface area contributed by atoms with Gasteiger partial charge in [0.2, 0.25) is 5.91 Å². The second-order valence-corrected chi connectivity index (χ2v) is 6.07. The Kier molecular flexibility index (Phi) is 4.93. The summed E-state index contributed by atoms with van der Waals surface area (Å²) in [5, 5.41) is 3.46. The Morgan fingerprint density at radius 2 is 2.00 bits per heavy atom. The van der Waals surface area contributed by atoms with Crippen LogP contribution in [-0.2, 0) is 17.8 Å². The predicted molar refractivity (Wildman–Crippen MR) is 99.8 cm³/mol. The number of carbonyl (C=O) groups excluding carboxylic acids is 1. The summed E-state index contributed by atoms with van der Waals surface area (Å²) in [6, 6.07) is 13.3. The Balaban J connectivity index is 1.71. The molecular formula is C20H21N3O2. The number of fused-ring (bicyclic) bond motifs is 1. The second-order valence-electron chi connectivity index (χ2n) is 6.07. The third-order valence-electron chi connectivity index (χ3n) is 4.25. The Bertz CT molecular complexity index is 976. The van der Waals surface area contributed by atoms with Gasteiger partial charge in [0, 0.05) is 18.7 Å². The van der Waals surface area contributed by atoms with E-state index in [9.17, 15) is 9.59 Å². The van der Waals surface area contributed by atoms with Crippen LogP contribution in [0.3, 0.4) is 0 Å². The molecule has 128 valence electrons. The molecule has 0 fully saturated rings. The maximum absolute atomic E-state index is 12.5. The fraction of sp³-hybridized carbons (Fsp3) is 0.250. The van der Waals surface area contributed by atoms with Crippen LogP contribution in [0, 0.1) is 6.92 Å². The number of rotatable bonds is 5. The molecule has 1 N–H and O–H groups in total. The molecule has 0 unspecified atom stereocenters. The van der Waals surface area contributed by atoms with Crippen LogP contribution in [0.4, 0.5) is 5.69 Å². The van der Waals surface area contributed by atoms with Gasteiger partial charge in [-0.05, 0) is 42.7 Å². The van der Waals surface area contributed by atoms with Crippen molar-refractivity contribution in [2.75, 3.05) is 5.32 Å². The number of anilines is 1. The van der Waals surface area contributed by atoms with Gasteiger partial charge in [-0.3, -0.25) is 14.2 Å². The minimum absolute atomic E-state index is 0.116. The smallest absolute Gasteiger partial charge is 0.261 e. The number of para-hydroxylation sites is 1. The summed E-state index contributed by atoms with van der Waals surface area (Å²) in [7, 11) is 0. The molecule has 0 aliphatic heterocycles. The monoisotopic (exact) mass is 335 g/mol. The molecule has 0 atom stereocenters. The van der Waals surface area contributed by atoms with E-state index in [1.54, 1.807) is 6.07 Å². The number of hydrogen-bond acceptors (Lipinski definition) is 3. The van der Waals surface area contributed by atoms with Gasteiger partial charge < -0.3 is 5.32 Å². The lowest BCUT2D eigenvalue weighted by atomic mass is 10.1. The number of aromatic nitrogens is 2. The molecule has 5 nitrogen and oxygen atoms in total. The fourth-order valence-corrected chi connectivity index (χ4v) is 2.81. The molecule has 0 aliphatic rings. The van der Waals surface area contributed by atoms with Crippen LogP contribution >= 0.6 is 0 Å². The van der Waals surface area contributed by atoms with E-state index in [2.05, 4.69) is 17.2 Å². The van der Waals surface area contributed by atoms with Gasteiger partial charge >= 0.3 is 0 Å². The molecule has 0 aliphatic carbocycles. The van der Waals surface area contributed by atoms with Crippen LogP contribution in [0.5, 0.6) is 0 Å². The first kappa shape index (κ1) is 16.9. The molecular weight excluding hydrogens is 314 g/mol. The summed E-state index contributed by atoms with van der Waals surface area (Å²) in [4.78, 5) is 29.1. The first-order valence-corrected chi connectivity index (χ1v) is 8.42. The van der Waals surface area contributed by atoms with Crippen molar-refractivity contribution in [3.05, 3.63) is 70.3 Å². The van der Waals surface area contributed by atoms with Gasteiger partial charge in [-0.2, -0.15) is 0 Å². The van der Waals surface area contributed by atoms with Crippen LogP contribution in [-0.4, -0.2) is 15.5 Å². The highest BCUT2D eigenvalue weighted by atomic mass is 16.1. The van der Waals surface area contributed by atoms with Crippen molar-refractivity contribution < 1.29 is 4.79 Å². The SMILES string of the molecule is CCc1cccc(NC(=O)CCn2cnc3c(C)cccc3c2=O)c1. The average Bonchev–Trinajstić information content (AvgIpc) is 2.62. The molecule has 1 aromatic heterocycles. The molecule has 1 heterocycles. The van der Waals surface area contributed by atoms with E-state index < -0.39 is 0 Å². The van der Waals surface area contributed by atoms with E-state index >= 15 is 0 Å². The molecule has 0 radical (unpaired) electrons. The van der Waals surface area contributed by atoms with E-state index in [0.29, 0.717) is 17.4 Å². The number of amides is 1. The topological polar surface area (TPSA) is 64.0 Å². The zero-order valence-corrected chi connectivity index (χ0v) is 14.5. The third kappa shape index (κ3) is 3.76. The van der Waals surface area contributed by atoms with Crippen molar-refractivity contribution in [3.63, 3.8) is 0 Å². The standard InChI is InChI=1S/C20H21N3O2/c1-3-15-7-5-8-16(12-15)22-18(24)10-11-23-13-21-19-14(2)6-4-9-17(19)20(23)25/h4-9,12-13H,3,10-11H2,1-2H3,(H,22,24). The van der Waals surface area contributed by atoms with Gasteiger partial charge in [0.1, 0.15) is 0 Å². The van der Waals surface area contributed by atoms with Crippen molar-refractivity contribution in [2.45, 2.75) is 33.2 Å². The van der Waals surface area contributed by atoms with Gasteiger partial charge in [-0.25, -0.2) is 4.98 Å². The minimum Gasteiger partial charge on any atom is -0.326 e. The van der Waals surface area contributed by atoms with Crippen molar-refractivity contribution in [1.29, 1.82) is 0 Å². The van der Waals surface area contributed by atoms with Crippen molar-refractivity contribution in [2.24, 2.45) is 0 Å². The Morgan fingerprint density at radius 3 is 2.80 bits per heavy atom. The quantitative estimate of drug-likeness (QED) is 0.778. The lowest BCUT2D eigenvalue weighted by Gasteiger charge is -2.09. The van der Waals surface area contributed by atoms with Crippen LogP contribution < -0.4 is 10.9 Å². The lowest BCUT2D eigenvalue weighted by Crippen LogP contribution is -2.23. The zero-order chi connectivity index (χ0) is 17.8. The van der Waals surface area contributed by atoms with Crippen molar-refractivity contribution >= 4 is 22.5 Å². The van der Waals surface area contributed by atoms with Gasteiger partial charge in [0.25, 0.3) is 5.56 Å². The van der Waals surface area contributed by atoms with E-state index in [1.165, 1.54) is 16.5 Å². The van der Waals surface area contributed by atoms with Crippen LogP contribution in [0.25, 0.3) is 10.9 Å². The average molecular weight is 335 g/mol. The van der Waals surface area contributed by atoms with Crippen molar-refractivity contribution in [1.82, 2.24) is 9.55 Å². The van der Waals surface area contributed by atoms with E-state index in [0.717, 1.165) is 17.7 Å². The predicted octanol–water partition coefficient (Wildman–Crippen LogP) is 3.30. The first-order chi connectivity index (χ1) is 12.1. The normalized spacial score (nSPS) is 10.8. The molecule has 25 heavy (non-hydrogen) atoms. The van der Waals surface area contributed by atoms with Gasteiger partial charge in [-0.15, -0.1) is 0 Å². The fourth-order valence-electron chi connectivity index (χ4n) is 2.81. The second kappa shape index (κ2) is 7.30. The molecule has 0 saturated heterocycles. The molecule has 3 aromatic rings. The van der Waals surface area contributed by atoms with Crippen LogP contribution in [0.2, 0.25) is 0 Å². The van der Waals surface area contributed by atoms with Gasteiger partial charge in [-0.1, -0.05) is 31.2 Å². The first-order valence-electron chi connectivity index (χ1n) is 8.42. The summed E-state index contributed by atoms with van der Waals surface area (Å²) >= 11 is 0. The van der Waals surface area contributed by atoms with Crippen molar-refractivity contribution in [3.8, 4) is 0 Å². The number of nitrogens with one attached hydrogen (secondary N) is 1. The summed E-state index contributed by atoms with van der Waals surface area (Å²) in [5.41, 5.74) is 3.52. The van der Waals surface area contributed by atoms with E-state index in [4.69, 9.17) is 0 Å². The number of carbonyl (C=O) groups is 1. The summed E-state index contributed by atoms with van der Waals surface area (Å²) < 4.78 is 1.49. The molecule has 3 rings (SSSR count). The highest BCUT2D eigenvalue weighted by molar-refractivity contribution is 5.90. The largest absolute Gasteiger partial charge is 0.326 e. The Hall–Kier alpha value is -2.95. The molecule has 2 aromatic carbocycles. The zero-order valence-electron chi connectivity index (χ0n) is 14.5. The summed E-state index contributed by atoms with van der Waals surface area (Å²) in [6.07, 6.45) is 2.65. The van der Waals surface area contributed by atoms with E-state index in [-0.39, 0.29) is 17.9 Å². The minimum atomic E-state index is -0.121. The number of hydrogen-bond donors (Lipinski definition) is 1. The third-order valence-corrected chi connectivity index (χ3v) is 4.25. The Morgan fingerprint density at radius 1 is 1.20 bits per heavy atom. The molecule has 0 saturated carbocycles. The number of benzene rings is 2. The highest BCUT2D eigenvalue weighted by Crippen LogP contribution is 2.13. The van der Waals surface area contributed by atoms with E-state index in [1.807, 2.05) is 43.3 Å². The number of aryl methyl sites for hydroxylation is 3. The Labute approximate surface area is 146 Å². The van der Waals surface area contributed by atoms with Crippen LogP contribution in [0.1, 0.15) is 24.5 Å². The maximum atomic E-state index is 12.5. The number of nitrogens with zero attached hydrogens (tertiary/aromatic N) is 2. The molecule has 0 spiro atoms. The molecule has 1 amide bonds. The molecule has 0 bridgehead atoms. The summed E-state index contributed by atoms with van der Waals surface area (Å²) in [6.45, 7) is 4.30. The van der Waals surface area contributed by atoms with Crippen LogP contribution in [0.15, 0.2) is 53.6 Å².